The summed E-state index contributed by atoms with van der Waals surface area (Å²) in [5.74, 6) is -0.276. The molecular weight excluding hydrogens is 352 g/mol. The van der Waals surface area contributed by atoms with Crippen LogP contribution >= 0.6 is 0 Å². The van der Waals surface area contributed by atoms with Gasteiger partial charge in [0, 0.05) is 12.0 Å². The first-order chi connectivity index (χ1) is 12.1. The van der Waals surface area contributed by atoms with Gasteiger partial charge in [-0.05, 0) is 25.5 Å². The van der Waals surface area contributed by atoms with E-state index in [0.29, 0.717) is 12.1 Å². The topological polar surface area (TPSA) is 56.8 Å². The van der Waals surface area contributed by atoms with Crippen molar-refractivity contribution in [2.75, 3.05) is 0 Å². The van der Waals surface area contributed by atoms with Gasteiger partial charge in [0.05, 0.1) is 6.54 Å². The van der Waals surface area contributed by atoms with Crippen molar-refractivity contribution in [3.63, 3.8) is 0 Å². The van der Waals surface area contributed by atoms with Crippen molar-refractivity contribution in [1.29, 1.82) is 0 Å². The Kier molecular flexibility index (Phi) is 4.56. The fourth-order valence-electron chi connectivity index (χ4n) is 2.92. The molecule has 1 saturated heterocycles. The molecule has 2 N–H and O–H groups in total. The molecule has 0 bridgehead atoms. The molecule has 0 spiro atoms. The number of hydrogen-bond acceptors (Lipinski definition) is 3. The Labute approximate surface area is 148 Å². The van der Waals surface area contributed by atoms with E-state index in [9.17, 15) is 17.6 Å². The quantitative estimate of drug-likeness (QED) is 0.498. The first-order valence-electron chi connectivity index (χ1n) is 7.99. The zero-order valence-corrected chi connectivity index (χ0v) is 14.2. The summed E-state index contributed by atoms with van der Waals surface area (Å²) in [4.78, 5) is 4.25. The minimum atomic E-state index is -4.73. The number of amidine groups is 1. The van der Waals surface area contributed by atoms with Crippen molar-refractivity contribution < 1.29 is 27.0 Å². The molecule has 2 aliphatic rings. The molecule has 1 aromatic carbocycles. The molecule has 1 fully saturated rings. The van der Waals surface area contributed by atoms with Crippen LogP contribution in [0.1, 0.15) is 23.1 Å². The van der Waals surface area contributed by atoms with Crippen molar-refractivity contribution in [3.8, 4) is 0 Å². The van der Waals surface area contributed by atoms with Crippen LogP contribution in [-0.4, -0.2) is 24.2 Å². The van der Waals surface area contributed by atoms with Crippen LogP contribution in [0.25, 0.3) is 0 Å². The van der Waals surface area contributed by atoms with Crippen molar-refractivity contribution in [2.24, 2.45) is 10.7 Å². The van der Waals surface area contributed by atoms with Gasteiger partial charge in [0.1, 0.15) is 17.7 Å². The van der Waals surface area contributed by atoms with E-state index < -0.39 is 18.3 Å². The van der Waals surface area contributed by atoms with Gasteiger partial charge in [-0.25, -0.2) is 0 Å². The number of ether oxygens (including phenoxy) is 2. The molecule has 1 aliphatic carbocycles. The maximum atomic E-state index is 13.3. The summed E-state index contributed by atoms with van der Waals surface area (Å²) < 4.78 is 61.3. The highest BCUT2D eigenvalue weighted by Crippen LogP contribution is 2.46. The number of nitrogens with zero attached hydrogens (tertiary/aromatic N) is 1. The normalized spacial score (nSPS) is 24.2. The molecule has 0 saturated carbocycles. The van der Waals surface area contributed by atoms with Crippen LogP contribution in [0.5, 0.6) is 0 Å². The van der Waals surface area contributed by atoms with Crippen LogP contribution in [0.2, 0.25) is 0 Å². The fourth-order valence-corrected chi connectivity index (χ4v) is 2.92. The Morgan fingerprint density at radius 2 is 1.81 bits per heavy atom. The molecule has 0 amide bonds. The van der Waals surface area contributed by atoms with Gasteiger partial charge in [-0.3, -0.25) is 4.99 Å². The molecule has 1 heterocycles. The lowest BCUT2D eigenvalue weighted by Crippen LogP contribution is -2.53. The monoisotopic (exact) mass is 370 g/mol. The Morgan fingerprint density at radius 3 is 2.46 bits per heavy atom. The van der Waals surface area contributed by atoms with Crippen LogP contribution in [0.4, 0.5) is 17.6 Å². The maximum Gasteiger partial charge on any atom is 0.493 e. The molecule has 8 heteroatoms. The van der Waals surface area contributed by atoms with E-state index in [0.717, 1.165) is 22.8 Å². The largest absolute Gasteiger partial charge is 0.493 e. The molecule has 1 unspecified atom stereocenters. The molecule has 140 valence electrons. The molecule has 26 heavy (non-hydrogen) atoms. The number of nitrogens with two attached hydrogens (primary N) is 1. The van der Waals surface area contributed by atoms with Gasteiger partial charge >= 0.3 is 12.2 Å². The average Bonchev–Trinajstić information content (AvgIpc) is 2.52. The minimum Gasteiger partial charge on any atom is -0.428 e. The second kappa shape index (κ2) is 6.42. The SMILES string of the molecule is Cc1cc(C)cc(CN=C(N)C2=CCC3OC(F)(F)C(F)(F)OC3=C2)c1. The zero-order valence-electron chi connectivity index (χ0n) is 14.2. The summed E-state index contributed by atoms with van der Waals surface area (Å²) in [7, 11) is 0. The van der Waals surface area contributed by atoms with Crippen molar-refractivity contribution in [2.45, 2.75) is 45.1 Å². The maximum absolute atomic E-state index is 13.3. The Morgan fingerprint density at radius 1 is 1.15 bits per heavy atom. The van der Waals surface area contributed by atoms with Crippen LogP contribution in [0.15, 0.2) is 46.7 Å². The molecule has 1 aliphatic heterocycles. The first-order valence-corrected chi connectivity index (χ1v) is 7.99. The first kappa shape index (κ1) is 18.4. The molecule has 1 aromatic rings. The van der Waals surface area contributed by atoms with Crippen LogP contribution in [-0.2, 0) is 16.0 Å². The highest BCUT2D eigenvalue weighted by atomic mass is 19.3. The predicted octanol–water partition coefficient (Wildman–Crippen LogP) is 3.98. The number of benzene rings is 1. The Bertz CT molecular complexity index is 795. The van der Waals surface area contributed by atoms with E-state index in [1.54, 1.807) is 0 Å². The van der Waals surface area contributed by atoms with Crippen LogP contribution < -0.4 is 5.73 Å². The van der Waals surface area contributed by atoms with Crippen molar-refractivity contribution in [1.82, 2.24) is 0 Å². The van der Waals surface area contributed by atoms with E-state index in [1.165, 1.54) is 6.08 Å². The van der Waals surface area contributed by atoms with Gasteiger partial charge in [0.2, 0.25) is 0 Å². The molecular formula is C18H18F4N2O2. The number of fused-ring (bicyclic) bond motifs is 1. The number of hydrogen-bond donors (Lipinski definition) is 1. The third kappa shape index (κ3) is 3.60. The van der Waals surface area contributed by atoms with E-state index in [4.69, 9.17) is 5.73 Å². The summed E-state index contributed by atoms with van der Waals surface area (Å²) in [6, 6.07) is 5.96. The molecule has 0 radical (unpaired) electrons. The lowest BCUT2D eigenvalue weighted by Gasteiger charge is -2.37. The van der Waals surface area contributed by atoms with Crippen molar-refractivity contribution >= 4 is 5.84 Å². The van der Waals surface area contributed by atoms with Gasteiger partial charge in [0.15, 0.2) is 0 Å². The summed E-state index contributed by atoms with van der Waals surface area (Å²) in [6.45, 7) is 4.24. The fraction of sp³-hybridized carbons (Fsp3) is 0.389. The number of halogens is 4. The summed E-state index contributed by atoms with van der Waals surface area (Å²) in [5.41, 5.74) is 9.39. The number of aliphatic imine (C=N–C) groups is 1. The molecule has 0 aromatic heterocycles. The third-order valence-corrected chi connectivity index (χ3v) is 4.05. The highest BCUT2D eigenvalue weighted by Gasteiger charge is 2.66. The molecule has 4 nitrogen and oxygen atoms in total. The third-order valence-electron chi connectivity index (χ3n) is 4.05. The number of alkyl halides is 4. The predicted molar refractivity (Wildman–Crippen MR) is 87.9 cm³/mol. The Hall–Kier alpha value is -2.35. The molecule has 1 atom stereocenters. The van der Waals surface area contributed by atoms with Crippen LogP contribution in [0.3, 0.4) is 0 Å². The van der Waals surface area contributed by atoms with Crippen molar-refractivity contribution in [3.05, 3.63) is 58.4 Å². The van der Waals surface area contributed by atoms with Gasteiger partial charge < -0.3 is 15.2 Å². The average molecular weight is 370 g/mol. The second-order valence-corrected chi connectivity index (χ2v) is 6.38. The van der Waals surface area contributed by atoms with Crippen LogP contribution in [0, 0.1) is 13.8 Å². The Balaban J connectivity index is 1.76. The lowest BCUT2D eigenvalue weighted by atomic mass is 10.0. The van der Waals surface area contributed by atoms with Gasteiger partial charge in [-0.1, -0.05) is 35.4 Å². The summed E-state index contributed by atoms with van der Waals surface area (Å²) in [6.07, 6.45) is -8.08. The van der Waals surface area contributed by atoms with E-state index >= 15 is 0 Å². The van der Waals surface area contributed by atoms with Gasteiger partial charge in [-0.15, -0.1) is 0 Å². The molecule has 3 rings (SSSR count). The summed E-state index contributed by atoms with van der Waals surface area (Å²) >= 11 is 0. The van der Waals surface area contributed by atoms with E-state index in [2.05, 4.69) is 14.5 Å². The standard InChI is InChI=1S/C18H18F4N2O2/c1-10-5-11(2)7-12(6-10)9-24-16(23)13-3-4-14-15(8-13)26-18(21,22)17(19,20)25-14/h3,5-8,14H,4,9H2,1-2H3,(H2,23,24). The number of rotatable bonds is 3. The summed E-state index contributed by atoms with van der Waals surface area (Å²) in [5, 5.41) is 0. The smallest absolute Gasteiger partial charge is 0.428 e. The van der Waals surface area contributed by atoms with Gasteiger partial charge in [-0.2, -0.15) is 17.6 Å². The van der Waals surface area contributed by atoms with Gasteiger partial charge in [0.25, 0.3) is 0 Å². The number of aryl methyl sites for hydroxylation is 2. The minimum absolute atomic E-state index is 0.0629. The lowest BCUT2D eigenvalue weighted by molar-refractivity contribution is -0.456. The highest BCUT2D eigenvalue weighted by molar-refractivity contribution is 5.99. The second-order valence-electron chi connectivity index (χ2n) is 6.38. The van der Waals surface area contributed by atoms with E-state index in [-0.39, 0.29) is 18.0 Å². The zero-order chi connectivity index (χ0) is 19.1. The van der Waals surface area contributed by atoms with E-state index in [1.807, 2.05) is 32.0 Å².